The Morgan fingerprint density at radius 1 is 1.11 bits per heavy atom. The fourth-order valence-electron chi connectivity index (χ4n) is 3.32. The highest BCUT2D eigenvalue weighted by molar-refractivity contribution is 5.94. The number of nitro groups is 1. The number of non-ortho nitro benzene ring substituents is 1. The van der Waals surface area contributed by atoms with Crippen LogP contribution in [0.5, 0.6) is 0 Å². The van der Waals surface area contributed by atoms with Crippen LogP contribution in [0.25, 0.3) is 5.69 Å². The molecule has 0 spiro atoms. The number of aromatic nitrogens is 1. The number of rotatable bonds is 6. The van der Waals surface area contributed by atoms with E-state index in [0.29, 0.717) is 12.1 Å². The monoisotopic (exact) mass is 506 g/mol. The predicted octanol–water partition coefficient (Wildman–Crippen LogP) is 4.35. The van der Waals surface area contributed by atoms with Gasteiger partial charge in [0.15, 0.2) is 5.82 Å². The molecule has 1 aromatic heterocycles. The molecule has 3 rings (SSSR count). The third-order valence-corrected chi connectivity index (χ3v) is 5.05. The molecule has 0 aliphatic heterocycles. The number of nitrogens with zero attached hydrogens (tertiary/aromatic N) is 2. The van der Waals surface area contributed by atoms with E-state index in [-0.39, 0.29) is 22.5 Å². The smallest absolute Gasteiger partial charge is 0.345 e. The average molecular weight is 506 g/mol. The number of hydrogen-bond donors (Lipinski definition) is 2. The summed E-state index contributed by atoms with van der Waals surface area (Å²) < 4.78 is 55.2. The summed E-state index contributed by atoms with van der Waals surface area (Å²) in [5.41, 5.74) is -3.53. The topological polar surface area (TPSA) is 123 Å². The first-order valence-corrected chi connectivity index (χ1v) is 10.2. The summed E-state index contributed by atoms with van der Waals surface area (Å²) in [5.74, 6) is -2.32. The second-order valence-electron chi connectivity index (χ2n) is 7.71. The molecule has 9 nitrogen and oxygen atoms in total. The third-order valence-electron chi connectivity index (χ3n) is 5.05. The fraction of sp³-hybridized carbons (Fsp3) is 0.174. The van der Waals surface area contributed by atoms with Gasteiger partial charge in [0.25, 0.3) is 17.2 Å². The zero-order valence-corrected chi connectivity index (χ0v) is 18.7. The SMILES string of the molecule is CC(=O)Nc1cccc(-n2cc(C(=O)N[C@H](C)c3cc([N+](=O)[O-])cc(C(F)(F)F)c3)ccc2=O)c1F. The van der Waals surface area contributed by atoms with E-state index >= 15 is 0 Å². The summed E-state index contributed by atoms with van der Waals surface area (Å²) in [4.78, 5) is 46.5. The van der Waals surface area contributed by atoms with E-state index in [2.05, 4.69) is 10.6 Å². The number of anilines is 1. The summed E-state index contributed by atoms with van der Waals surface area (Å²) in [6.45, 7) is 2.49. The standard InChI is InChI=1S/C23H18F4N4O5/c1-12(15-8-16(23(25,26)27)10-17(9-15)31(35)36)28-22(34)14-6-7-20(33)30(11-14)19-5-3-4-18(21(19)24)29-13(2)32/h3-12H,1-2H3,(H,28,34)(H,29,32)/t12-/m1/s1. The number of hydrogen-bond acceptors (Lipinski definition) is 5. The molecule has 13 heteroatoms. The van der Waals surface area contributed by atoms with Crippen LogP contribution in [-0.4, -0.2) is 21.3 Å². The molecule has 188 valence electrons. The molecule has 0 saturated heterocycles. The maximum Gasteiger partial charge on any atom is 0.416 e. The number of benzene rings is 2. The van der Waals surface area contributed by atoms with Crippen LogP contribution in [0, 0.1) is 15.9 Å². The highest BCUT2D eigenvalue weighted by Crippen LogP contribution is 2.34. The Labute approximate surface area is 200 Å². The average Bonchev–Trinajstić information content (AvgIpc) is 2.79. The molecular weight excluding hydrogens is 488 g/mol. The Bertz CT molecular complexity index is 1420. The van der Waals surface area contributed by atoms with Crippen molar-refractivity contribution in [2.75, 3.05) is 5.32 Å². The first-order valence-electron chi connectivity index (χ1n) is 10.2. The van der Waals surface area contributed by atoms with Crippen LogP contribution in [0.4, 0.5) is 28.9 Å². The minimum absolute atomic E-state index is 0.146. The van der Waals surface area contributed by atoms with Gasteiger partial charge in [0.2, 0.25) is 5.91 Å². The quantitative estimate of drug-likeness (QED) is 0.292. The van der Waals surface area contributed by atoms with Crippen LogP contribution in [0.1, 0.15) is 41.4 Å². The number of halogens is 4. The molecule has 1 heterocycles. The molecule has 0 radical (unpaired) electrons. The van der Waals surface area contributed by atoms with Crippen LogP contribution in [0.2, 0.25) is 0 Å². The minimum atomic E-state index is -4.85. The Hall–Kier alpha value is -4.55. The molecule has 0 saturated carbocycles. The van der Waals surface area contributed by atoms with Gasteiger partial charge in [-0.25, -0.2) is 4.39 Å². The van der Waals surface area contributed by atoms with Crippen molar-refractivity contribution in [1.29, 1.82) is 0 Å². The number of alkyl halides is 3. The lowest BCUT2D eigenvalue weighted by Gasteiger charge is -2.17. The van der Waals surface area contributed by atoms with Gasteiger partial charge in [-0.3, -0.25) is 29.1 Å². The number of nitrogens with one attached hydrogen (secondary N) is 2. The molecule has 3 aromatic rings. The van der Waals surface area contributed by atoms with Gasteiger partial charge in [0.05, 0.1) is 33.5 Å². The Balaban J connectivity index is 1.94. The largest absolute Gasteiger partial charge is 0.416 e. The van der Waals surface area contributed by atoms with Gasteiger partial charge in [-0.05, 0) is 36.8 Å². The Morgan fingerprint density at radius 3 is 2.42 bits per heavy atom. The van der Waals surface area contributed by atoms with E-state index in [1.807, 2.05) is 0 Å². The van der Waals surface area contributed by atoms with Gasteiger partial charge in [-0.2, -0.15) is 13.2 Å². The van der Waals surface area contributed by atoms with Crippen molar-refractivity contribution in [3.05, 3.63) is 97.7 Å². The zero-order chi connectivity index (χ0) is 26.8. The van der Waals surface area contributed by atoms with E-state index in [1.54, 1.807) is 0 Å². The van der Waals surface area contributed by atoms with Crippen molar-refractivity contribution in [3.63, 3.8) is 0 Å². The van der Waals surface area contributed by atoms with Crippen molar-refractivity contribution in [1.82, 2.24) is 9.88 Å². The van der Waals surface area contributed by atoms with Gasteiger partial charge < -0.3 is 10.6 Å². The van der Waals surface area contributed by atoms with Gasteiger partial charge in [-0.15, -0.1) is 0 Å². The molecule has 0 bridgehead atoms. The summed E-state index contributed by atoms with van der Waals surface area (Å²) in [7, 11) is 0. The fourth-order valence-corrected chi connectivity index (χ4v) is 3.32. The van der Waals surface area contributed by atoms with Crippen molar-refractivity contribution < 1.29 is 32.1 Å². The molecular formula is C23H18F4N4O5. The summed E-state index contributed by atoms with van der Waals surface area (Å²) >= 11 is 0. The molecule has 0 aliphatic rings. The molecule has 0 unspecified atom stereocenters. The molecule has 2 N–H and O–H groups in total. The number of carbonyl (C=O) groups excluding carboxylic acids is 2. The molecule has 2 aromatic carbocycles. The highest BCUT2D eigenvalue weighted by Gasteiger charge is 2.33. The lowest BCUT2D eigenvalue weighted by molar-refractivity contribution is -0.385. The van der Waals surface area contributed by atoms with Gasteiger partial charge in [0, 0.05) is 31.3 Å². The van der Waals surface area contributed by atoms with E-state index < -0.39 is 51.6 Å². The summed E-state index contributed by atoms with van der Waals surface area (Å²) in [5, 5.41) is 15.8. The first-order chi connectivity index (χ1) is 16.8. The second kappa shape index (κ2) is 9.98. The van der Waals surface area contributed by atoms with E-state index in [9.17, 15) is 42.1 Å². The van der Waals surface area contributed by atoms with Gasteiger partial charge in [0.1, 0.15) is 0 Å². The Kier molecular flexibility index (Phi) is 7.22. The third kappa shape index (κ3) is 5.74. The summed E-state index contributed by atoms with van der Waals surface area (Å²) in [6, 6.07) is 6.89. The van der Waals surface area contributed by atoms with Gasteiger partial charge in [-0.1, -0.05) is 6.07 Å². The number of nitro benzene ring substituents is 1. The van der Waals surface area contributed by atoms with Crippen LogP contribution < -0.4 is 16.2 Å². The zero-order valence-electron chi connectivity index (χ0n) is 18.7. The van der Waals surface area contributed by atoms with Crippen LogP contribution in [-0.2, 0) is 11.0 Å². The predicted molar refractivity (Wildman–Crippen MR) is 120 cm³/mol. The van der Waals surface area contributed by atoms with Gasteiger partial charge >= 0.3 is 6.18 Å². The van der Waals surface area contributed by atoms with E-state index in [0.717, 1.165) is 29.0 Å². The van der Waals surface area contributed by atoms with Crippen LogP contribution >= 0.6 is 0 Å². The van der Waals surface area contributed by atoms with E-state index in [1.165, 1.54) is 32.0 Å². The molecule has 0 aliphatic carbocycles. The molecule has 36 heavy (non-hydrogen) atoms. The number of pyridine rings is 1. The number of amides is 2. The maximum atomic E-state index is 14.9. The lowest BCUT2D eigenvalue weighted by atomic mass is 10.0. The molecule has 1 atom stereocenters. The van der Waals surface area contributed by atoms with E-state index in [4.69, 9.17) is 0 Å². The van der Waals surface area contributed by atoms with Crippen molar-refractivity contribution in [2.24, 2.45) is 0 Å². The van der Waals surface area contributed by atoms with Crippen molar-refractivity contribution >= 4 is 23.2 Å². The Morgan fingerprint density at radius 2 is 1.81 bits per heavy atom. The highest BCUT2D eigenvalue weighted by atomic mass is 19.4. The van der Waals surface area contributed by atoms with Crippen molar-refractivity contribution in [2.45, 2.75) is 26.1 Å². The lowest BCUT2D eigenvalue weighted by Crippen LogP contribution is -2.29. The normalized spacial score (nSPS) is 12.1. The summed E-state index contributed by atoms with van der Waals surface area (Å²) in [6.07, 6.45) is -3.83. The molecule has 2 amide bonds. The number of carbonyl (C=O) groups is 2. The second-order valence-corrected chi connectivity index (χ2v) is 7.71. The maximum absolute atomic E-state index is 14.9. The first kappa shape index (κ1) is 26.1. The molecule has 0 fully saturated rings. The van der Waals surface area contributed by atoms with Crippen molar-refractivity contribution in [3.8, 4) is 5.69 Å². The minimum Gasteiger partial charge on any atom is -0.345 e. The van der Waals surface area contributed by atoms with Crippen LogP contribution in [0.3, 0.4) is 0 Å². The van der Waals surface area contributed by atoms with Crippen LogP contribution in [0.15, 0.2) is 59.5 Å².